The lowest BCUT2D eigenvalue weighted by Crippen LogP contribution is -2.38. The molecule has 0 saturated carbocycles. The molecular weight excluding hydrogens is 332 g/mol. The monoisotopic (exact) mass is 352 g/mol. The molecule has 2 aromatic heterocycles. The van der Waals surface area contributed by atoms with Gasteiger partial charge in [0.2, 0.25) is 5.91 Å². The standard InChI is InChI=1S/C19H20N4OS/c1-13-4-5-16-17(11-13)25-19(22-16)23-9-6-14(7-10-23)18(24)21-15-3-2-8-20-12-15/h2-5,8,11-12,14H,6-7,9-10H2,1H3,(H,21,24). The average molecular weight is 352 g/mol. The number of fused-ring (bicyclic) bond motifs is 1. The number of rotatable bonds is 3. The van der Waals surface area contributed by atoms with Gasteiger partial charge in [-0.05, 0) is 49.6 Å². The number of benzene rings is 1. The molecule has 1 amide bonds. The number of aryl methyl sites for hydroxylation is 1. The summed E-state index contributed by atoms with van der Waals surface area (Å²) in [4.78, 5) is 23.5. The SMILES string of the molecule is Cc1ccc2nc(N3CCC(C(=O)Nc4cccnc4)CC3)sc2c1. The Kier molecular flexibility index (Phi) is 4.36. The zero-order chi connectivity index (χ0) is 17.2. The molecule has 1 N–H and O–H groups in total. The van der Waals surface area contributed by atoms with Crippen LogP contribution in [0.2, 0.25) is 0 Å². The molecule has 0 spiro atoms. The minimum Gasteiger partial charge on any atom is -0.348 e. The summed E-state index contributed by atoms with van der Waals surface area (Å²) in [5.74, 6) is 0.139. The first-order valence-electron chi connectivity index (χ1n) is 8.52. The summed E-state index contributed by atoms with van der Waals surface area (Å²) in [6, 6.07) is 10.1. The summed E-state index contributed by atoms with van der Waals surface area (Å²) in [5, 5.41) is 4.02. The van der Waals surface area contributed by atoms with Gasteiger partial charge in [-0.3, -0.25) is 9.78 Å². The van der Waals surface area contributed by atoms with E-state index in [9.17, 15) is 4.79 Å². The molecule has 25 heavy (non-hydrogen) atoms. The molecule has 1 saturated heterocycles. The molecule has 1 aromatic carbocycles. The average Bonchev–Trinajstić information content (AvgIpc) is 3.06. The third-order valence-corrected chi connectivity index (χ3v) is 5.68. The Balaban J connectivity index is 1.39. The zero-order valence-corrected chi connectivity index (χ0v) is 14.9. The number of amides is 1. The van der Waals surface area contributed by atoms with Gasteiger partial charge in [0, 0.05) is 25.2 Å². The number of carbonyl (C=O) groups is 1. The van der Waals surface area contributed by atoms with Crippen molar-refractivity contribution in [2.24, 2.45) is 5.92 Å². The van der Waals surface area contributed by atoms with Crippen LogP contribution in [0.3, 0.4) is 0 Å². The van der Waals surface area contributed by atoms with Gasteiger partial charge in [-0.25, -0.2) is 4.98 Å². The molecule has 0 bridgehead atoms. The number of aromatic nitrogens is 2. The van der Waals surface area contributed by atoms with Crippen LogP contribution in [0.1, 0.15) is 18.4 Å². The largest absolute Gasteiger partial charge is 0.348 e. The molecule has 1 aliphatic rings. The Morgan fingerprint density at radius 1 is 1.28 bits per heavy atom. The zero-order valence-electron chi connectivity index (χ0n) is 14.1. The van der Waals surface area contributed by atoms with Crippen LogP contribution >= 0.6 is 11.3 Å². The summed E-state index contributed by atoms with van der Waals surface area (Å²) in [7, 11) is 0. The van der Waals surface area contributed by atoms with Crippen molar-refractivity contribution in [1.82, 2.24) is 9.97 Å². The Bertz CT molecular complexity index is 885. The quantitative estimate of drug-likeness (QED) is 0.778. The number of nitrogens with one attached hydrogen (secondary N) is 1. The van der Waals surface area contributed by atoms with E-state index < -0.39 is 0 Å². The van der Waals surface area contributed by atoms with Gasteiger partial charge in [0.05, 0.1) is 22.1 Å². The molecule has 3 heterocycles. The molecule has 1 aliphatic heterocycles. The molecule has 4 rings (SSSR count). The number of carbonyl (C=O) groups excluding carboxylic acids is 1. The minimum atomic E-state index is 0.0491. The van der Waals surface area contributed by atoms with Gasteiger partial charge in [0.15, 0.2) is 5.13 Å². The summed E-state index contributed by atoms with van der Waals surface area (Å²) in [5.41, 5.74) is 3.08. The fourth-order valence-electron chi connectivity index (χ4n) is 3.17. The smallest absolute Gasteiger partial charge is 0.227 e. The molecule has 6 heteroatoms. The third-order valence-electron chi connectivity index (χ3n) is 4.60. The van der Waals surface area contributed by atoms with Crippen LogP contribution in [0.15, 0.2) is 42.7 Å². The highest BCUT2D eigenvalue weighted by atomic mass is 32.1. The first-order chi connectivity index (χ1) is 12.2. The van der Waals surface area contributed by atoms with Crippen molar-refractivity contribution in [2.75, 3.05) is 23.3 Å². The molecule has 0 aliphatic carbocycles. The number of hydrogen-bond acceptors (Lipinski definition) is 5. The van der Waals surface area contributed by atoms with Crippen LogP contribution in [-0.2, 0) is 4.79 Å². The fraction of sp³-hybridized carbons (Fsp3) is 0.316. The van der Waals surface area contributed by atoms with Crippen LogP contribution in [0.5, 0.6) is 0 Å². The van der Waals surface area contributed by atoms with Crippen LogP contribution in [-0.4, -0.2) is 29.0 Å². The van der Waals surface area contributed by atoms with Crippen molar-refractivity contribution in [1.29, 1.82) is 0 Å². The van der Waals surface area contributed by atoms with E-state index in [1.54, 1.807) is 23.7 Å². The normalized spacial score (nSPS) is 15.5. The van der Waals surface area contributed by atoms with Crippen molar-refractivity contribution >= 4 is 38.3 Å². The van der Waals surface area contributed by atoms with E-state index >= 15 is 0 Å². The second-order valence-electron chi connectivity index (χ2n) is 6.46. The second-order valence-corrected chi connectivity index (χ2v) is 7.47. The van der Waals surface area contributed by atoms with Gasteiger partial charge in [-0.15, -0.1) is 0 Å². The third kappa shape index (κ3) is 3.49. The maximum Gasteiger partial charge on any atom is 0.227 e. The predicted octanol–water partition coefficient (Wildman–Crippen LogP) is 3.85. The highest BCUT2D eigenvalue weighted by molar-refractivity contribution is 7.22. The molecule has 0 radical (unpaired) electrons. The first-order valence-corrected chi connectivity index (χ1v) is 9.34. The van der Waals surface area contributed by atoms with Crippen molar-refractivity contribution in [3.05, 3.63) is 48.3 Å². The first kappa shape index (κ1) is 16.0. The van der Waals surface area contributed by atoms with Crippen LogP contribution in [0.4, 0.5) is 10.8 Å². The number of nitrogens with zero attached hydrogens (tertiary/aromatic N) is 3. The van der Waals surface area contributed by atoms with Crippen molar-refractivity contribution in [3.8, 4) is 0 Å². The number of hydrogen-bond donors (Lipinski definition) is 1. The maximum absolute atomic E-state index is 12.4. The number of piperidine rings is 1. The maximum atomic E-state index is 12.4. The predicted molar refractivity (Wildman–Crippen MR) is 102 cm³/mol. The molecule has 3 aromatic rings. The van der Waals surface area contributed by atoms with E-state index in [2.05, 4.69) is 40.3 Å². The van der Waals surface area contributed by atoms with E-state index in [1.165, 1.54) is 10.3 Å². The number of thiazole rings is 1. The Morgan fingerprint density at radius 2 is 2.12 bits per heavy atom. The lowest BCUT2D eigenvalue weighted by molar-refractivity contribution is -0.120. The molecule has 5 nitrogen and oxygen atoms in total. The van der Waals surface area contributed by atoms with Gasteiger partial charge in [0.1, 0.15) is 0 Å². The molecule has 128 valence electrons. The van der Waals surface area contributed by atoms with E-state index in [1.807, 2.05) is 12.1 Å². The summed E-state index contributed by atoms with van der Waals surface area (Å²) < 4.78 is 1.23. The van der Waals surface area contributed by atoms with Gasteiger partial charge in [0.25, 0.3) is 0 Å². The number of pyridine rings is 1. The summed E-state index contributed by atoms with van der Waals surface area (Å²) in [6.45, 7) is 3.83. The van der Waals surface area contributed by atoms with Gasteiger partial charge in [-0.1, -0.05) is 17.4 Å². The van der Waals surface area contributed by atoms with Gasteiger partial charge in [-0.2, -0.15) is 0 Å². The molecular formula is C19H20N4OS. The molecule has 1 fully saturated rings. The second kappa shape index (κ2) is 6.80. The number of anilines is 2. The fourth-order valence-corrected chi connectivity index (χ4v) is 4.28. The Labute approximate surface area is 150 Å². The van der Waals surface area contributed by atoms with Crippen molar-refractivity contribution in [2.45, 2.75) is 19.8 Å². The summed E-state index contributed by atoms with van der Waals surface area (Å²) in [6.07, 6.45) is 5.08. The van der Waals surface area contributed by atoms with Crippen molar-refractivity contribution < 1.29 is 4.79 Å². The van der Waals surface area contributed by atoms with Crippen molar-refractivity contribution in [3.63, 3.8) is 0 Å². The molecule has 0 atom stereocenters. The topological polar surface area (TPSA) is 58.1 Å². The highest BCUT2D eigenvalue weighted by Crippen LogP contribution is 2.32. The molecule has 0 unspecified atom stereocenters. The van der Waals surface area contributed by atoms with Gasteiger partial charge >= 0.3 is 0 Å². The lowest BCUT2D eigenvalue weighted by atomic mass is 9.96. The summed E-state index contributed by atoms with van der Waals surface area (Å²) >= 11 is 1.74. The van der Waals surface area contributed by atoms with E-state index in [-0.39, 0.29) is 11.8 Å². The van der Waals surface area contributed by atoms with E-state index in [4.69, 9.17) is 4.98 Å². The van der Waals surface area contributed by atoms with Crippen LogP contribution in [0, 0.1) is 12.8 Å². The Morgan fingerprint density at radius 3 is 2.88 bits per heavy atom. The van der Waals surface area contributed by atoms with Crippen LogP contribution in [0.25, 0.3) is 10.2 Å². The van der Waals surface area contributed by atoms with Crippen LogP contribution < -0.4 is 10.2 Å². The highest BCUT2D eigenvalue weighted by Gasteiger charge is 2.26. The Hall–Kier alpha value is -2.47. The van der Waals surface area contributed by atoms with E-state index in [0.717, 1.165) is 42.3 Å². The minimum absolute atomic E-state index is 0.0491. The lowest BCUT2D eigenvalue weighted by Gasteiger charge is -2.30. The van der Waals surface area contributed by atoms with Gasteiger partial charge < -0.3 is 10.2 Å². The van der Waals surface area contributed by atoms with E-state index in [0.29, 0.717) is 0 Å².